The van der Waals surface area contributed by atoms with E-state index < -0.39 is 5.79 Å². The predicted molar refractivity (Wildman–Crippen MR) is 88.1 cm³/mol. The van der Waals surface area contributed by atoms with Crippen LogP contribution in [0.4, 0.5) is 4.79 Å². The third kappa shape index (κ3) is 4.03. The van der Waals surface area contributed by atoms with E-state index in [1.165, 1.54) is 11.1 Å². The molecular formula is C18H26N2O3. The lowest BCUT2D eigenvalue weighted by atomic mass is 10.0. The highest BCUT2D eigenvalue weighted by Crippen LogP contribution is 2.30. The summed E-state index contributed by atoms with van der Waals surface area (Å²) >= 11 is 0. The molecule has 126 valence electrons. The molecule has 2 N–H and O–H groups in total. The maximum absolute atomic E-state index is 12.1. The van der Waals surface area contributed by atoms with Gasteiger partial charge in [0.25, 0.3) is 0 Å². The number of urea groups is 1. The molecule has 1 saturated heterocycles. The van der Waals surface area contributed by atoms with Gasteiger partial charge < -0.3 is 20.1 Å². The first kappa shape index (κ1) is 16.3. The van der Waals surface area contributed by atoms with Gasteiger partial charge in [0.15, 0.2) is 5.79 Å². The van der Waals surface area contributed by atoms with E-state index in [9.17, 15) is 4.79 Å². The fraction of sp³-hybridized carbons (Fsp3) is 0.611. The first-order valence-electron chi connectivity index (χ1n) is 8.46. The van der Waals surface area contributed by atoms with Crippen molar-refractivity contribution in [3.8, 4) is 0 Å². The summed E-state index contributed by atoms with van der Waals surface area (Å²) in [7, 11) is 0. The predicted octanol–water partition coefficient (Wildman–Crippen LogP) is 2.76. The van der Waals surface area contributed by atoms with E-state index in [0.717, 1.165) is 19.3 Å². The molecule has 1 heterocycles. The van der Waals surface area contributed by atoms with E-state index >= 15 is 0 Å². The highest BCUT2D eigenvalue weighted by atomic mass is 16.7. The minimum Gasteiger partial charge on any atom is -0.348 e. The molecule has 23 heavy (non-hydrogen) atoms. The second-order valence-electron chi connectivity index (χ2n) is 6.78. The molecule has 1 aromatic carbocycles. The van der Waals surface area contributed by atoms with Crippen LogP contribution >= 0.6 is 0 Å². The number of fused-ring (bicyclic) bond motifs is 1. The Kier molecular flexibility index (Phi) is 4.87. The van der Waals surface area contributed by atoms with E-state index in [2.05, 4.69) is 35.8 Å². The van der Waals surface area contributed by atoms with Gasteiger partial charge in [-0.1, -0.05) is 31.2 Å². The highest BCUT2D eigenvalue weighted by Gasteiger charge is 2.32. The molecule has 1 aliphatic heterocycles. The van der Waals surface area contributed by atoms with Gasteiger partial charge >= 0.3 is 6.03 Å². The Morgan fingerprint density at radius 1 is 1.35 bits per heavy atom. The molecule has 0 spiro atoms. The van der Waals surface area contributed by atoms with Crippen LogP contribution in [0.5, 0.6) is 0 Å². The second-order valence-corrected chi connectivity index (χ2v) is 6.78. The van der Waals surface area contributed by atoms with Crippen molar-refractivity contribution >= 4 is 6.03 Å². The van der Waals surface area contributed by atoms with E-state index in [0.29, 0.717) is 25.7 Å². The summed E-state index contributed by atoms with van der Waals surface area (Å²) in [5.74, 6) is -0.207. The van der Waals surface area contributed by atoms with Gasteiger partial charge in [-0.05, 0) is 36.8 Å². The Morgan fingerprint density at radius 2 is 2.09 bits per heavy atom. The maximum atomic E-state index is 12.1. The van der Waals surface area contributed by atoms with Crippen molar-refractivity contribution in [3.63, 3.8) is 0 Å². The van der Waals surface area contributed by atoms with Crippen LogP contribution in [0.2, 0.25) is 0 Å². The number of carbonyl (C=O) groups excluding carboxylic acids is 1. The van der Waals surface area contributed by atoms with Crippen LogP contribution in [-0.2, 0) is 15.9 Å². The first-order chi connectivity index (χ1) is 11.1. The van der Waals surface area contributed by atoms with Crippen LogP contribution in [0, 0.1) is 5.92 Å². The average Bonchev–Trinajstić information content (AvgIpc) is 3.13. The Bertz CT molecular complexity index is 555. The van der Waals surface area contributed by atoms with Crippen LogP contribution in [0.3, 0.4) is 0 Å². The summed E-state index contributed by atoms with van der Waals surface area (Å²) in [6, 6.07) is 8.35. The molecule has 1 fully saturated rings. The minimum absolute atomic E-state index is 0.100. The molecule has 5 nitrogen and oxygen atoms in total. The average molecular weight is 318 g/mol. The van der Waals surface area contributed by atoms with Crippen molar-refractivity contribution in [2.75, 3.05) is 19.8 Å². The smallest absolute Gasteiger partial charge is 0.315 e. The fourth-order valence-electron chi connectivity index (χ4n) is 3.56. The Morgan fingerprint density at radius 3 is 2.87 bits per heavy atom. The van der Waals surface area contributed by atoms with Crippen molar-refractivity contribution in [2.45, 2.75) is 44.9 Å². The molecular weight excluding hydrogens is 292 g/mol. The normalized spacial score (nSPS) is 23.3. The lowest BCUT2D eigenvalue weighted by Gasteiger charge is -2.26. The van der Waals surface area contributed by atoms with Crippen molar-refractivity contribution in [1.82, 2.24) is 10.6 Å². The summed E-state index contributed by atoms with van der Waals surface area (Å²) in [5, 5.41) is 6.05. The summed E-state index contributed by atoms with van der Waals surface area (Å²) in [5.41, 5.74) is 2.59. The van der Waals surface area contributed by atoms with Crippen LogP contribution < -0.4 is 10.6 Å². The number of amides is 2. The third-order valence-electron chi connectivity index (χ3n) is 4.67. The maximum Gasteiger partial charge on any atom is 0.315 e. The van der Waals surface area contributed by atoms with Crippen molar-refractivity contribution in [2.24, 2.45) is 5.92 Å². The van der Waals surface area contributed by atoms with Crippen LogP contribution in [0.1, 0.15) is 43.9 Å². The van der Waals surface area contributed by atoms with E-state index in [4.69, 9.17) is 9.47 Å². The molecule has 5 heteroatoms. The van der Waals surface area contributed by atoms with Gasteiger partial charge in [-0.3, -0.25) is 0 Å². The van der Waals surface area contributed by atoms with Gasteiger partial charge in [-0.15, -0.1) is 0 Å². The second kappa shape index (κ2) is 6.89. The quantitative estimate of drug-likeness (QED) is 0.877. The molecule has 0 bridgehead atoms. The van der Waals surface area contributed by atoms with Gasteiger partial charge in [0.2, 0.25) is 0 Å². The molecule has 3 rings (SSSR count). The van der Waals surface area contributed by atoms with Crippen molar-refractivity contribution in [3.05, 3.63) is 35.4 Å². The first-order valence-corrected chi connectivity index (χ1v) is 8.46. The fourth-order valence-corrected chi connectivity index (χ4v) is 3.56. The lowest BCUT2D eigenvalue weighted by molar-refractivity contribution is -0.153. The molecule has 2 unspecified atom stereocenters. The Hall–Kier alpha value is -1.59. The summed E-state index contributed by atoms with van der Waals surface area (Å²) in [4.78, 5) is 12.1. The molecule has 1 aromatic rings. The number of rotatable bonds is 5. The van der Waals surface area contributed by atoms with E-state index in [-0.39, 0.29) is 12.1 Å². The SMILES string of the molecule is CC(CNC(=O)NC1CCc2ccccc21)CC1(C)OCCO1. The van der Waals surface area contributed by atoms with Gasteiger partial charge in [0.1, 0.15) is 0 Å². The molecule has 0 radical (unpaired) electrons. The topological polar surface area (TPSA) is 59.6 Å². The van der Waals surface area contributed by atoms with Gasteiger partial charge in [0, 0.05) is 13.0 Å². The zero-order valence-corrected chi connectivity index (χ0v) is 13.9. The zero-order chi connectivity index (χ0) is 16.3. The van der Waals surface area contributed by atoms with Gasteiger partial charge in [0.05, 0.1) is 19.3 Å². The number of nitrogens with one attached hydrogen (secondary N) is 2. The Labute approximate surface area is 137 Å². The van der Waals surface area contributed by atoms with Crippen molar-refractivity contribution < 1.29 is 14.3 Å². The van der Waals surface area contributed by atoms with Crippen molar-refractivity contribution in [1.29, 1.82) is 0 Å². The molecule has 0 aromatic heterocycles. The summed E-state index contributed by atoms with van der Waals surface area (Å²) < 4.78 is 11.2. The van der Waals surface area contributed by atoms with Gasteiger partial charge in [-0.25, -0.2) is 4.79 Å². The lowest BCUT2D eigenvalue weighted by Crippen LogP contribution is -2.40. The molecule has 1 aliphatic carbocycles. The van der Waals surface area contributed by atoms with E-state index in [1.807, 2.05) is 13.0 Å². The minimum atomic E-state index is -0.498. The molecule has 2 atom stereocenters. The largest absolute Gasteiger partial charge is 0.348 e. The van der Waals surface area contributed by atoms with Crippen LogP contribution in [0.15, 0.2) is 24.3 Å². The monoisotopic (exact) mass is 318 g/mol. The molecule has 2 aliphatic rings. The number of hydrogen-bond donors (Lipinski definition) is 2. The number of benzene rings is 1. The number of ether oxygens (including phenoxy) is 2. The standard InChI is InChI=1S/C18H26N2O3/c1-13(11-18(2)22-9-10-23-18)12-19-17(21)20-16-8-7-14-5-3-4-6-15(14)16/h3-6,13,16H,7-12H2,1-2H3,(H2,19,20,21). The van der Waals surface area contributed by atoms with Crippen LogP contribution in [0.25, 0.3) is 0 Å². The highest BCUT2D eigenvalue weighted by molar-refractivity contribution is 5.74. The molecule has 2 amide bonds. The third-order valence-corrected chi connectivity index (χ3v) is 4.67. The number of carbonyl (C=O) groups is 1. The van der Waals surface area contributed by atoms with E-state index in [1.54, 1.807) is 0 Å². The number of hydrogen-bond acceptors (Lipinski definition) is 3. The number of aryl methyl sites for hydroxylation is 1. The van der Waals surface area contributed by atoms with Gasteiger partial charge in [-0.2, -0.15) is 0 Å². The summed E-state index contributed by atoms with van der Waals surface area (Å²) in [6.07, 6.45) is 2.78. The summed E-state index contributed by atoms with van der Waals surface area (Å²) in [6.45, 7) is 5.98. The zero-order valence-electron chi connectivity index (χ0n) is 13.9. The van der Waals surface area contributed by atoms with Crippen LogP contribution in [-0.4, -0.2) is 31.6 Å². The Balaban J connectivity index is 1.43. The molecule has 0 saturated carbocycles.